The third kappa shape index (κ3) is 3.56. The fourth-order valence-electron chi connectivity index (χ4n) is 2.87. The molecule has 0 aromatic heterocycles. The molecule has 1 saturated heterocycles. The molecule has 1 N–H and O–H groups in total. The van der Waals surface area contributed by atoms with Crippen molar-refractivity contribution in [3.63, 3.8) is 0 Å². The molecule has 2 aliphatic rings. The van der Waals surface area contributed by atoms with Gasteiger partial charge in [-0.3, -0.25) is 0 Å². The van der Waals surface area contributed by atoms with Crippen LogP contribution in [0.2, 0.25) is 0 Å². The lowest BCUT2D eigenvalue weighted by atomic mass is 9.89. The van der Waals surface area contributed by atoms with Gasteiger partial charge in [-0.15, -0.1) is 0 Å². The molecule has 2 heteroatoms. The normalized spacial score (nSPS) is 26.1. The van der Waals surface area contributed by atoms with Crippen molar-refractivity contribution in [2.24, 2.45) is 5.92 Å². The van der Waals surface area contributed by atoms with Gasteiger partial charge < -0.3 is 10.1 Å². The molecular formula is C16H25NO. The second-order valence-corrected chi connectivity index (χ2v) is 5.35. The summed E-state index contributed by atoms with van der Waals surface area (Å²) < 4.78 is 6.10. The molecule has 0 aromatic carbocycles. The number of nitrogens with one attached hydrogen (secondary N) is 1. The van der Waals surface area contributed by atoms with Crippen LogP contribution in [0, 0.1) is 5.92 Å². The summed E-state index contributed by atoms with van der Waals surface area (Å²) in [5, 5.41) is 3.39. The summed E-state index contributed by atoms with van der Waals surface area (Å²) in [4.78, 5) is 0. The van der Waals surface area contributed by atoms with Crippen molar-refractivity contribution in [3.05, 3.63) is 36.5 Å². The van der Waals surface area contributed by atoms with Gasteiger partial charge >= 0.3 is 0 Å². The first kappa shape index (κ1) is 13.6. The Morgan fingerprint density at radius 1 is 1.11 bits per heavy atom. The fourth-order valence-corrected chi connectivity index (χ4v) is 2.87. The van der Waals surface area contributed by atoms with Gasteiger partial charge in [-0.05, 0) is 62.3 Å². The zero-order valence-corrected chi connectivity index (χ0v) is 11.3. The van der Waals surface area contributed by atoms with E-state index in [0.29, 0.717) is 6.10 Å². The lowest BCUT2D eigenvalue weighted by Gasteiger charge is -2.28. The number of rotatable bonds is 5. The highest BCUT2D eigenvalue weighted by Crippen LogP contribution is 2.29. The van der Waals surface area contributed by atoms with Crippen LogP contribution in [0.25, 0.3) is 0 Å². The lowest BCUT2D eigenvalue weighted by Crippen LogP contribution is -2.31. The predicted octanol–water partition coefficient (Wildman–Crippen LogP) is 3.22. The maximum atomic E-state index is 6.10. The van der Waals surface area contributed by atoms with E-state index in [1.807, 2.05) is 12.2 Å². The average molecular weight is 247 g/mol. The molecule has 100 valence electrons. The smallest absolute Gasteiger partial charge is 0.0618 e. The van der Waals surface area contributed by atoms with Crippen molar-refractivity contribution >= 4 is 0 Å². The zero-order chi connectivity index (χ0) is 12.8. The van der Waals surface area contributed by atoms with Crippen LogP contribution in [0.1, 0.15) is 32.1 Å². The molecule has 0 spiro atoms. The first-order valence-corrected chi connectivity index (χ1v) is 7.12. The summed E-state index contributed by atoms with van der Waals surface area (Å²) in [5.41, 5.74) is 2.68. The van der Waals surface area contributed by atoms with E-state index in [-0.39, 0.29) is 0 Å². The summed E-state index contributed by atoms with van der Waals surface area (Å²) in [6, 6.07) is 0. The molecule has 2 nitrogen and oxygen atoms in total. The van der Waals surface area contributed by atoms with Crippen molar-refractivity contribution in [3.8, 4) is 0 Å². The molecule has 1 fully saturated rings. The number of hydrogen-bond donors (Lipinski definition) is 1. The highest BCUT2D eigenvalue weighted by Gasteiger charge is 2.21. The van der Waals surface area contributed by atoms with Crippen LogP contribution in [0.3, 0.4) is 0 Å². The Morgan fingerprint density at radius 2 is 1.83 bits per heavy atom. The molecule has 1 aliphatic carbocycles. The standard InChI is InChI=1S/C16H25NO/c1-3-14-5-6-16(11-15(14)4-2)18-12-13-7-9-17-10-8-13/h3-4,13,16-17H,1-2,5-12H2. The van der Waals surface area contributed by atoms with E-state index in [4.69, 9.17) is 4.74 Å². The number of ether oxygens (including phenoxy) is 1. The largest absolute Gasteiger partial charge is 0.378 e. The highest BCUT2D eigenvalue weighted by atomic mass is 16.5. The van der Waals surface area contributed by atoms with E-state index < -0.39 is 0 Å². The van der Waals surface area contributed by atoms with Gasteiger partial charge in [-0.25, -0.2) is 0 Å². The molecule has 18 heavy (non-hydrogen) atoms. The van der Waals surface area contributed by atoms with Crippen LogP contribution >= 0.6 is 0 Å². The van der Waals surface area contributed by atoms with Gasteiger partial charge in [0.25, 0.3) is 0 Å². The number of allylic oxidation sites excluding steroid dienone is 3. The zero-order valence-electron chi connectivity index (χ0n) is 11.3. The van der Waals surface area contributed by atoms with Crippen molar-refractivity contribution in [1.82, 2.24) is 5.32 Å². The summed E-state index contributed by atoms with van der Waals surface area (Å²) in [6.45, 7) is 11.0. The van der Waals surface area contributed by atoms with E-state index in [1.54, 1.807) is 0 Å². The summed E-state index contributed by atoms with van der Waals surface area (Å²) in [6.07, 6.45) is 10.1. The van der Waals surface area contributed by atoms with Gasteiger partial charge in [0.1, 0.15) is 0 Å². The molecule has 0 bridgehead atoms. The van der Waals surface area contributed by atoms with Crippen LogP contribution in [-0.4, -0.2) is 25.8 Å². The Labute approximate surface area is 111 Å². The Balaban J connectivity index is 1.79. The van der Waals surface area contributed by atoms with Crippen molar-refractivity contribution < 1.29 is 4.74 Å². The Kier molecular flexibility index (Phi) is 5.21. The van der Waals surface area contributed by atoms with E-state index in [9.17, 15) is 0 Å². The van der Waals surface area contributed by atoms with Crippen LogP contribution < -0.4 is 5.32 Å². The van der Waals surface area contributed by atoms with Crippen LogP contribution in [-0.2, 0) is 4.74 Å². The van der Waals surface area contributed by atoms with Gasteiger partial charge in [0.15, 0.2) is 0 Å². The van der Waals surface area contributed by atoms with Crippen LogP contribution in [0.5, 0.6) is 0 Å². The molecule has 0 amide bonds. The third-order valence-electron chi connectivity index (χ3n) is 4.11. The molecule has 1 unspecified atom stereocenters. The highest BCUT2D eigenvalue weighted by molar-refractivity contribution is 5.33. The summed E-state index contributed by atoms with van der Waals surface area (Å²) >= 11 is 0. The molecule has 0 radical (unpaired) electrons. The molecule has 1 aliphatic heterocycles. The Bertz CT molecular complexity index is 326. The molecule has 0 saturated carbocycles. The van der Waals surface area contributed by atoms with Gasteiger partial charge in [0.05, 0.1) is 6.10 Å². The SMILES string of the molecule is C=CC1=C(C=C)CC(OCC2CCNCC2)CC1. The summed E-state index contributed by atoms with van der Waals surface area (Å²) in [7, 11) is 0. The lowest BCUT2D eigenvalue weighted by molar-refractivity contribution is 0.0160. The molecule has 1 heterocycles. The molecular weight excluding hydrogens is 222 g/mol. The van der Waals surface area contributed by atoms with E-state index in [2.05, 4.69) is 18.5 Å². The second kappa shape index (κ2) is 6.91. The van der Waals surface area contributed by atoms with Gasteiger partial charge in [-0.1, -0.05) is 25.3 Å². The Hall–Kier alpha value is -0.860. The maximum Gasteiger partial charge on any atom is 0.0618 e. The van der Waals surface area contributed by atoms with E-state index in [0.717, 1.165) is 44.9 Å². The van der Waals surface area contributed by atoms with Gasteiger partial charge in [0.2, 0.25) is 0 Å². The van der Waals surface area contributed by atoms with E-state index in [1.165, 1.54) is 24.0 Å². The first-order valence-electron chi connectivity index (χ1n) is 7.12. The first-order chi connectivity index (χ1) is 8.83. The van der Waals surface area contributed by atoms with Gasteiger partial charge in [-0.2, -0.15) is 0 Å². The Morgan fingerprint density at radius 3 is 2.50 bits per heavy atom. The topological polar surface area (TPSA) is 21.3 Å². The molecule has 0 aromatic rings. The minimum absolute atomic E-state index is 0.386. The predicted molar refractivity (Wildman–Crippen MR) is 76.6 cm³/mol. The minimum Gasteiger partial charge on any atom is -0.378 e. The quantitative estimate of drug-likeness (QED) is 0.805. The fraction of sp³-hybridized carbons (Fsp3) is 0.625. The van der Waals surface area contributed by atoms with Crippen molar-refractivity contribution in [2.75, 3.05) is 19.7 Å². The molecule has 1 atom stereocenters. The van der Waals surface area contributed by atoms with Crippen LogP contribution in [0.15, 0.2) is 36.5 Å². The average Bonchev–Trinajstić information content (AvgIpc) is 2.45. The van der Waals surface area contributed by atoms with E-state index >= 15 is 0 Å². The molecule has 2 rings (SSSR count). The number of piperidine rings is 1. The van der Waals surface area contributed by atoms with Gasteiger partial charge in [0, 0.05) is 6.61 Å². The number of hydrogen-bond acceptors (Lipinski definition) is 2. The summed E-state index contributed by atoms with van der Waals surface area (Å²) in [5.74, 6) is 0.753. The van der Waals surface area contributed by atoms with Crippen LogP contribution in [0.4, 0.5) is 0 Å². The third-order valence-corrected chi connectivity index (χ3v) is 4.11. The van der Waals surface area contributed by atoms with Crippen molar-refractivity contribution in [1.29, 1.82) is 0 Å². The maximum absolute atomic E-state index is 6.10. The minimum atomic E-state index is 0.386. The second-order valence-electron chi connectivity index (χ2n) is 5.35. The monoisotopic (exact) mass is 247 g/mol. The van der Waals surface area contributed by atoms with Crippen molar-refractivity contribution in [2.45, 2.75) is 38.2 Å².